The number of phenols is 1. The molecule has 0 spiro atoms. The lowest BCUT2D eigenvalue weighted by Crippen LogP contribution is -2.46. The van der Waals surface area contributed by atoms with Gasteiger partial charge in [0.1, 0.15) is 11.5 Å². The Hall–Kier alpha value is -2.58. The van der Waals surface area contributed by atoms with Gasteiger partial charge in [0.25, 0.3) is 5.91 Å². The van der Waals surface area contributed by atoms with Crippen LogP contribution in [0.2, 0.25) is 0 Å². The van der Waals surface area contributed by atoms with E-state index in [1.165, 1.54) is 31.4 Å². The summed E-state index contributed by atoms with van der Waals surface area (Å²) in [4.78, 5) is 14.3. The molecule has 2 N–H and O–H groups in total. The zero-order valence-electron chi connectivity index (χ0n) is 15.0. The quantitative estimate of drug-likeness (QED) is 0.814. The van der Waals surface area contributed by atoms with E-state index in [0.29, 0.717) is 37.2 Å². The first-order valence-corrected chi connectivity index (χ1v) is 10.1. The Bertz CT molecular complexity index is 904. The van der Waals surface area contributed by atoms with Crippen LogP contribution in [0.3, 0.4) is 0 Å². The number of hydrogen-bond donors (Lipinski definition) is 2. The SMILES string of the molecule is COc1ccc(S(=O)(=O)NC2CCN(C(=O)c3cccc(O)c3)CC2)cc1. The van der Waals surface area contributed by atoms with Gasteiger partial charge in [-0.3, -0.25) is 4.79 Å². The summed E-state index contributed by atoms with van der Waals surface area (Å²) in [5, 5.41) is 9.52. The van der Waals surface area contributed by atoms with Crippen molar-refractivity contribution < 1.29 is 23.1 Å². The molecule has 0 bridgehead atoms. The van der Waals surface area contributed by atoms with Crippen LogP contribution in [0.4, 0.5) is 0 Å². The van der Waals surface area contributed by atoms with Gasteiger partial charge in [0.2, 0.25) is 10.0 Å². The van der Waals surface area contributed by atoms with Gasteiger partial charge in [-0.15, -0.1) is 0 Å². The molecule has 0 unspecified atom stereocenters. The van der Waals surface area contributed by atoms with Crippen LogP contribution in [0.25, 0.3) is 0 Å². The number of methoxy groups -OCH3 is 1. The predicted molar refractivity (Wildman–Crippen MR) is 100 cm³/mol. The minimum Gasteiger partial charge on any atom is -0.508 e. The van der Waals surface area contributed by atoms with Crippen LogP contribution in [0.15, 0.2) is 53.4 Å². The minimum atomic E-state index is -3.62. The molecule has 3 rings (SSSR count). The van der Waals surface area contributed by atoms with Crippen LogP contribution in [0.5, 0.6) is 11.5 Å². The van der Waals surface area contributed by atoms with Crippen molar-refractivity contribution in [3.05, 3.63) is 54.1 Å². The van der Waals surface area contributed by atoms with Gasteiger partial charge in [-0.25, -0.2) is 13.1 Å². The molecule has 7 nitrogen and oxygen atoms in total. The Morgan fingerprint density at radius 2 is 1.81 bits per heavy atom. The summed E-state index contributed by atoms with van der Waals surface area (Å²) in [6, 6.07) is 12.2. The van der Waals surface area contributed by atoms with Crippen molar-refractivity contribution in [3.8, 4) is 11.5 Å². The third-order valence-electron chi connectivity index (χ3n) is 4.57. The summed E-state index contributed by atoms with van der Waals surface area (Å²) in [6.07, 6.45) is 1.06. The smallest absolute Gasteiger partial charge is 0.253 e. The highest BCUT2D eigenvalue weighted by atomic mass is 32.2. The Balaban J connectivity index is 1.59. The van der Waals surface area contributed by atoms with Crippen LogP contribution < -0.4 is 9.46 Å². The van der Waals surface area contributed by atoms with Crippen molar-refractivity contribution in [2.45, 2.75) is 23.8 Å². The first-order chi connectivity index (χ1) is 12.9. The Morgan fingerprint density at radius 1 is 1.15 bits per heavy atom. The second-order valence-corrected chi connectivity index (χ2v) is 8.13. The number of piperidine rings is 1. The fourth-order valence-electron chi connectivity index (χ4n) is 3.06. The number of hydrogen-bond acceptors (Lipinski definition) is 5. The molecule has 1 fully saturated rings. The normalized spacial score (nSPS) is 15.5. The molecule has 0 aromatic heterocycles. The molecule has 0 radical (unpaired) electrons. The summed E-state index contributed by atoms with van der Waals surface area (Å²) in [5.74, 6) is 0.470. The topological polar surface area (TPSA) is 95.9 Å². The van der Waals surface area contributed by atoms with E-state index in [-0.39, 0.29) is 22.6 Å². The highest BCUT2D eigenvalue weighted by Gasteiger charge is 2.27. The average molecular weight is 390 g/mol. The number of carbonyl (C=O) groups is 1. The first-order valence-electron chi connectivity index (χ1n) is 8.64. The predicted octanol–water partition coefficient (Wildman–Crippen LogP) is 1.98. The number of sulfonamides is 1. The van der Waals surface area contributed by atoms with E-state index in [4.69, 9.17) is 4.74 Å². The van der Waals surface area contributed by atoms with Crippen molar-refractivity contribution in [1.82, 2.24) is 9.62 Å². The van der Waals surface area contributed by atoms with E-state index in [1.807, 2.05) is 0 Å². The third kappa shape index (κ3) is 4.58. The molecule has 27 heavy (non-hydrogen) atoms. The van der Waals surface area contributed by atoms with Crippen LogP contribution in [0, 0.1) is 0 Å². The number of aromatic hydroxyl groups is 1. The average Bonchev–Trinajstić information content (AvgIpc) is 2.68. The molecule has 144 valence electrons. The molecule has 2 aromatic carbocycles. The molecular weight excluding hydrogens is 368 g/mol. The van der Waals surface area contributed by atoms with Crippen molar-refractivity contribution in [2.75, 3.05) is 20.2 Å². The lowest BCUT2D eigenvalue weighted by atomic mass is 10.0. The van der Waals surface area contributed by atoms with Gasteiger partial charge in [-0.1, -0.05) is 6.07 Å². The summed E-state index contributed by atoms with van der Waals surface area (Å²) in [7, 11) is -2.10. The summed E-state index contributed by atoms with van der Waals surface area (Å²) >= 11 is 0. The largest absolute Gasteiger partial charge is 0.508 e. The molecule has 2 aromatic rings. The van der Waals surface area contributed by atoms with Crippen LogP contribution in [-0.4, -0.2) is 50.6 Å². The van der Waals surface area contributed by atoms with Gasteiger partial charge in [-0.2, -0.15) is 0 Å². The number of phenolic OH excluding ortho intramolecular Hbond substituents is 1. The van der Waals surface area contributed by atoms with Gasteiger partial charge in [0.05, 0.1) is 12.0 Å². The van der Waals surface area contributed by atoms with E-state index in [0.717, 1.165) is 0 Å². The third-order valence-corrected chi connectivity index (χ3v) is 6.10. The van der Waals surface area contributed by atoms with Crippen LogP contribution >= 0.6 is 0 Å². The zero-order valence-corrected chi connectivity index (χ0v) is 15.8. The summed E-state index contributed by atoms with van der Waals surface area (Å²) < 4.78 is 32.8. The molecule has 0 saturated carbocycles. The van der Waals surface area contributed by atoms with Crippen molar-refractivity contribution in [3.63, 3.8) is 0 Å². The number of rotatable bonds is 5. The lowest BCUT2D eigenvalue weighted by Gasteiger charge is -2.32. The zero-order chi connectivity index (χ0) is 19.4. The number of ether oxygens (including phenoxy) is 1. The summed E-state index contributed by atoms with van der Waals surface area (Å²) in [5.41, 5.74) is 0.423. The number of nitrogens with one attached hydrogen (secondary N) is 1. The summed E-state index contributed by atoms with van der Waals surface area (Å²) in [6.45, 7) is 0.897. The van der Waals surface area contributed by atoms with Crippen molar-refractivity contribution in [1.29, 1.82) is 0 Å². The van der Waals surface area contributed by atoms with Gasteiger partial charge < -0.3 is 14.7 Å². The second kappa shape index (κ2) is 7.98. The molecule has 1 amide bonds. The minimum absolute atomic E-state index is 0.0444. The number of amides is 1. The standard InChI is InChI=1S/C19H22N2O5S/c1-26-17-5-7-18(8-6-17)27(24,25)20-15-9-11-21(12-10-15)19(23)14-3-2-4-16(22)13-14/h2-8,13,15,20,22H,9-12H2,1H3. The van der Waals surface area contributed by atoms with Crippen molar-refractivity contribution in [2.24, 2.45) is 0 Å². The fourth-order valence-corrected chi connectivity index (χ4v) is 4.37. The van der Waals surface area contributed by atoms with E-state index in [1.54, 1.807) is 29.2 Å². The van der Waals surface area contributed by atoms with E-state index >= 15 is 0 Å². The van der Waals surface area contributed by atoms with Crippen LogP contribution in [-0.2, 0) is 10.0 Å². The highest BCUT2D eigenvalue weighted by molar-refractivity contribution is 7.89. The van der Waals surface area contributed by atoms with E-state index in [9.17, 15) is 18.3 Å². The maximum atomic E-state index is 12.5. The monoisotopic (exact) mass is 390 g/mol. The Morgan fingerprint density at radius 3 is 2.41 bits per heavy atom. The second-order valence-electron chi connectivity index (χ2n) is 6.41. The first kappa shape index (κ1) is 19.2. The van der Waals surface area contributed by atoms with Crippen molar-refractivity contribution >= 4 is 15.9 Å². The van der Waals surface area contributed by atoms with E-state index in [2.05, 4.69) is 4.72 Å². The maximum Gasteiger partial charge on any atom is 0.253 e. The fraction of sp³-hybridized carbons (Fsp3) is 0.316. The number of benzene rings is 2. The molecule has 8 heteroatoms. The lowest BCUT2D eigenvalue weighted by molar-refractivity contribution is 0.0711. The van der Waals surface area contributed by atoms with Gasteiger partial charge in [0.15, 0.2) is 0 Å². The Kier molecular flexibility index (Phi) is 5.67. The Labute approximate surface area is 158 Å². The number of likely N-dealkylation sites (tertiary alicyclic amines) is 1. The molecule has 0 aliphatic carbocycles. The van der Waals surface area contributed by atoms with E-state index < -0.39 is 10.0 Å². The van der Waals surface area contributed by atoms with Gasteiger partial charge >= 0.3 is 0 Å². The molecule has 0 atom stereocenters. The van der Waals surface area contributed by atoms with Gasteiger partial charge in [-0.05, 0) is 55.3 Å². The molecule has 1 aliphatic heterocycles. The molecular formula is C19H22N2O5S. The van der Waals surface area contributed by atoms with Gasteiger partial charge in [0, 0.05) is 24.7 Å². The molecule has 1 heterocycles. The maximum absolute atomic E-state index is 12.5. The van der Waals surface area contributed by atoms with Crippen LogP contribution in [0.1, 0.15) is 23.2 Å². The molecule has 1 saturated heterocycles. The number of nitrogens with zero attached hydrogens (tertiary/aromatic N) is 1. The molecule has 1 aliphatic rings. The highest BCUT2D eigenvalue weighted by Crippen LogP contribution is 2.20. The number of carbonyl (C=O) groups excluding carboxylic acids is 1.